The van der Waals surface area contributed by atoms with Crippen LogP contribution in [0.5, 0.6) is 5.88 Å². The molecule has 1 aromatic heterocycles. The molecule has 0 fully saturated rings. The van der Waals surface area contributed by atoms with E-state index < -0.39 is 5.91 Å². The highest BCUT2D eigenvalue weighted by atomic mass is 16.5. The number of methoxy groups -OCH3 is 1. The Balaban J connectivity index is 2.85. The molecule has 6 nitrogen and oxygen atoms in total. The minimum Gasteiger partial charge on any atom is -0.471 e. The minimum absolute atomic E-state index is 0.119. The molecule has 0 radical (unpaired) electrons. The summed E-state index contributed by atoms with van der Waals surface area (Å²) in [6.07, 6.45) is -0.206. The molecule has 0 saturated carbocycles. The Morgan fingerprint density at radius 1 is 1.56 bits per heavy atom. The monoisotopic (exact) mass is 225 g/mol. The van der Waals surface area contributed by atoms with Crippen molar-refractivity contribution in [3.8, 4) is 5.88 Å². The Morgan fingerprint density at radius 2 is 2.25 bits per heavy atom. The lowest BCUT2D eigenvalue weighted by atomic mass is 10.3. The first-order chi connectivity index (χ1) is 7.54. The van der Waals surface area contributed by atoms with E-state index in [0.29, 0.717) is 12.3 Å². The normalized spacial score (nSPS) is 12.1. The lowest BCUT2D eigenvalue weighted by Gasteiger charge is -2.14. The molecule has 16 heavy (non-hydrogen) atoms. The van der Waals surface area contributed by atoms with Gasteiger partial charge in [-0.2, -0.15) is 0 Å². The average Bonchev–Trinajstić information content (AvgIpc) is 2.21. The summed E-state index contributed by atoms with van der Waals surface area (Å²) in [5.41, 5.74) is 11.2. The Morgan fingerprint density at radius 3 is 2.81 bits per heavy atom. The largest absolute Gasteiger partial charge is 0.471 e. The van der Waals surface area contributed by atoms with Crippen LogP contribution in [0.4, 0.5) is 5.69 Å². The smallest absolute Gasteiger partial charge is 0.267 e. The number of nitrogens with zero attached hydrogens (tertiary/aromatic N) is 1. The van der Waals surface area contributed by atoms with Crippen LogP contribution >= 0.6 is 0 Å². The molecule has 6 heteroatoms. The van der Waals surface area contributed by atoms with Crippen LogP contribution < -0.4 is 16.2 Å². The van der Waals surface area contributed by atoms with Crippen molar-refractivity contribution < 1.29 is 14.3 Å². The van der Waals surface area contributed by atoms with Crippen molar-refractivity contribution in [2.75, 3.05) is 19.5 Å². The summed E-state index contributed by atoms with van der Waals surface area (Å²) in [6, 6.07) is 2.98. The Kier molecular flexibility index (Phi) is 4.07. The van der Waals surface area contributed by atoms with Gasteiger partial charge in [0.1, 0.15) is 11.8 Å². The number of anilines is 1. The van der Waals surface area contributed by atoms with Crippen molar-refractivity contribution in [3.63, 3.8) is 0 Å². The fraction of sp³-hybridized carbons (Fsp3) is 0.400. The van der Waals surface area contributed by atoms with Crippen molar-refractivity contribution in [3.05, 3.63) is 17.8 Å². The third-order valence-electron chi connectivity index (χ3n) is 1.86. The Labute approximate surface area is 93.5 Å². The van der Waals surface area contributed by atoms with E-state index in [1.54, 1.807) is 7.11 Å². The number of amides is 1. The van der Waals surface area contributed by atoms with Gasteiger partial charge in [0.25, 0.3) is 5.91 Å². The molecule has 0 spiro atoms. The molecule has 1 atom stereocenters. The van der Waals surface area contributed by atoms with E-state index in [1.807, 2.05) is 6.92 Å². The molecule has 0 aromatic carbocycles. The number of ether oxygens (including phenoxy) is 2. The van der Waals surface area contributed by atoms with Crippen LogP contribution in [0.3, 0.4) is 0 Å². The second-order valence-electron chi connectivity index (χ2n) is 3.34. The van der Waals surface area contributed by atoms with Gasteiger partial charge in [-0.15, -0.1) is 0 Å². The molecule has 0 aliphatic rings. The maximum Gasteiger partial charge on any atom is 0.267 e. The summed E-state index contributed by atoms with van der Waals surface area (Å²) < 4.78 is 10.3. The maximum atomic E-state index is 10.9. The van der Waals surface area contributed by atoms with Crippen molar-refractivity contribution in [1.29, 1.82) is 0 Å². The van der Waals surface area contributed by atoms with Crippen molar-refractivity contribution in [1.82, 2.24) is 4.98 Å². The van der Waals surface area contributed by atoms with E-state index >= 15 is 0 Å². The standard InChI is InChI=1S/C10H15N3O3/c1-6(5-15-2)16-10-7(11)3-4-8(13-10)9(12)14/h3-4,6H,5,11H2,1-2H3,(H2,12,14). The molecule has 0 aliphatic carbocycles. The molecular weight excluding hydrogens is 210 g/mol. The molecule has 0 aliphatic heterocycles. The third-order valence-corrected chi connectivity index (χ3v) is 1.86. The van der Waals surface area contributed by atoms with E-state index in [-0.39, 0.29) is 17.7 Å². The number of pyridine rings is 1. The highest BCUT2D eigenvalue weighted by Crippen LogP contribution is 2.19. The number of hydrogen-bond acceptors (Lipinski definition) is 5. The molecule has 0 bridgehead atoms. The average molecular weight is 225 g/mol. The predicted molar refractivity (Wildman–Crippen MR) is 59.1 cm³/mol. The van der Waals surface area contributed by atoms with Crippen LogP contribution in [0.1, 0.15) is 17.4 Å². The number of nitrogens with two attached hydrogens (primary N) is 2. The van der Waals surface area contributed by atoms with Gasteiger partial charge in [0.15, 0.2) is 0 Å². The highest BCUT2D eigenvalue weighted by Gasteiger charge is 2.11. The third kappa shape index (κ3) is 3.09. The van der Waals surface area contributed by atoms with E-state index in [0.717, 1.165) is 0 Å². The van der Waals surface area contributed by atoms with Crippen LogP contribution in [0.25, 0.3) is 0 Å². The molecule has 1 rings (SSSR count). The molecular formula is C10H15N3O3. The number of primary amides is 1. The van der Waals surface area contributed by atoms with Crippen molar-refractivity contribution in [2.24, 2.45) is 5.73 Å². The van der Waals surface area contributed by atoms with Crippen LogP contribution in [0, 0.1) is 0 Å². The SMILES string of the molecule is COCC(C)Oc1nc(C(N)=O)ccc1N. The number of carbonyl (C=O) groups is 1. The van der Waals surface area contributed by atoms with Gasteiger partial charge in [-0.3, -0.25) is 4.79 Å². The summed E-state index contributed by atoms with van der Waals surface area (Å²) in [7, 11) is 1.57. The van der Waals surface area contributed by atoms with E-state index in [1.165, 1.54) is 12.1 Å². The molecule has 1 unspecified atom stereocenters. The molecule has 1 amide bonds. The molecule has 4 N–H and O–H groups in total. The van der Waals surface area contributed by atoms with Crippen LogP contribution in [0.2, 0.25) is 0 Å². The van der Waals surface area contributed by atoms with Gasteiger partial charge in [-0.25, -0.2) is 4.98 Å². The van der Waals surface area contributed by atoms with Crippen molar-refractivity contribution >= 4 is 11.6 Å². The van der Waals surface area contributed by atoms with E-state index in [9.17, 15) is 4.79 Å². The van der Waals surface area contributed by atoms with Gasteiger partial charge in [0.05, 0.1) is 12.3 Å². The molecule has 88 valence electrons. The topological polar surface area (TPSA) is 100 Å². The number of hydrogen-bond donors (Lipinski definition) is 2. The first-order valence-electron chi connectivity index (χ1n) is 4.76. The zero-order chi connectivity index (χ0) is 12.1. The van der Waals surface area contributed by atoms with Gasteiger partial charge >= 0.3 is 0 Å². The lowest BCUT2D eigenvalue weighted by Crippen LogP contribution is -2.20. The number of rotatable bonds is 5. The first kappa shape index (κ1) is 12.3. The second kappa shape index (κ2) is 5.32. The summed E-state index contributed by atoms with van der Waals surface area (Å²) in [6.45, 7) is 2.21. The predicted octanol–water partition coefficient (Wildman–Crippen LogP) is 0.176. The van der Waals surface area contributed by atoms with Crippen LogP contribution in [-0.4, -0.2) is 30.7 Å². The number of aromatic nitrogens is 1. The fourth-order valence-corrected chi connectivity index (χ4v) is 1.14. The van der Waals surface area contributed by atoms with E-state index in [2.05, 4.69) is 4.98 Å². The fourth-order valence-electron chi connectivity index (χ4n) is 1.14. The number of carbonyl (C=O) groups excluding carboxylic acids is 1. The zero-order valence-corrected chi connectivity index (χ0v) is 9.27. The van der Waals surface area contributed by atoms with Crippen LogP contribution in [0.15, 0.2) is 12.1 Å². The summed E-state index contributed by atoms with van der Waals surface area (Å²) >= 11 is 0. The van der Waals surface area contributed by atoms with Gasteiger partial charge in [-0.05, 0) is 19.1 Å². The summed E-state index contributed by atoms with van der Waals surface area (Å²) in [4.78, 5) is 14.8. The Bertz CT molecular complexity index is 382. The Hall–Kier alpha value is -1.82. The van der Waals surface area contributed by atoms with Crippen molar-refractivity contribution in [2.45, 2.75) is 13.0 Å². The molecule has 1 heterocycles. The lowest BCUT2D eigenvalue weighted by molar-refractivity contribution is 0.0886. The maximum absolute atomic E-state index is 10.9. The molecule has 0 saturated heterocycles. The van der Waals surface area contributed by atoms with Gasteiger partial charge in [0.2, 0.25) is 5.88 Å². The minimum atomic E-state index is -0.621. The molecule has 1 aromatic rings. The summed E-state index contributed by atoms with van der Waals surface area (Å²) in [5.74, 6) is -0.426. The quantitative estimate of drug-likeness (QED) is 0.744. The van der Waals surface area contributed by atoms with Gasteiger partial charge in [-0.1, -0.05) is 0 Å². The van der Waals surface area contributed by atoms with Gasteiger partial charge < -0.3 is 20.9 Å². The summed E-state index contributed by atoms with van der Waals surface area (Å²) in [5, 5.41) is 0. The first-order valence-corrected chi connectivity index (χ1v) is 4.76. The van der Waals surface area contributed by atoms with Crippen LogP contribution in [-0.2, 0) is 4.74 Å². The zero-order valence-electron chi connectivity index (χ0n) is 9.27. The van der Waals surface area contributed by atoms with E-state index in [4.69, 9.17) is 20.9 Å². The van der Waals surface area contributed by atoms with Gasteiger partial charge in [0, 0.05) is 7.11 Å². The highest BCUT2D eigenvalue weighted by molar-refractivity contribution is 5.91. The number of nitrogen functional groups attached to an aromatic ring is 1. The second-order valence-corrected chi connectivity index (χ2v) is 3.34.